The fourth-order valence-corrected chi connectivity index (χ4v) is 8.15. The van der Waals surface area contributed by atoms with Crippen LogP contribution in [0.1, 0.15) is 62.7 Å². The number of hydrogen-bond donors (Lipinski definition) is 5. The van der Waals surface area contributed by atoms with Crippen LogP contribution in [0.3, 0.4) is 0 Å². The lowest BCUT2D eigenvalue weighted by Gasteiger charge is -2.25. The maximum absolute atomic E-state index is 14.9. The second-order valence-corrected chi connectivity index (χ2v) is 16.8. The summed E-state index contributed by atoms with van der Waals surface area (Å²) in [5, 5.41) is 14.4. The summed E-state index contributed by atoms with van der Waals surface area (Å²) in [4.78, 5) is 77.1. The van der Waals surface area contributed by atoms with E-state index in [2.05, 4.69) is 36.6 Å². The van der Waals surface area contributed by atoms with Gasteiger partial charge in [-0.3, -0.25) is 34.3 Å². The van der Waals surface area contributed by atoms with Crippen molar-refractivity contribution in [1.29, 1.82) is 0 Å². The number of amides is 5. The van der Waals surface area contributed by atoms with Crippen molar-refractivity contribution in [2.75, 3.05) is 83.1 Å². The van der Waals surface area contributed by atoms with Crippen LogP contribution in [-0.4, -0.2) is 129 Å². The van der Waals surface area contributed by atoms with Crippen LogP contribution in [0.4, 0.5) is 26.1 Å². The fourth-order valence-electron chi connectivity index (χ4n) is 7.98. The number of imide groups is 1. The lowest BCUT2D eigenvalue weighted by molar-refractivity contribution is -0.129. The Morgan fingerprint density at radius 1 is 0.833 bits per heavy atom. The van der Waals surface area contributed by atoms with Crippen molar-refractivity contribution in [3.8, 4) is 11.3 Å². The molecule has 5 aromatic rings. The first-order chi connectivity index (χ1) is 35.1. The number of carbonyl (C=O) groups is 5. The largest absolute Gasteiger partial charge is 0.378 e. The third-order valence-electron chi connectivity index (χ3n) is 11.4. The van der Waals surface area contributed by atoms with E-state index in [1.54, 1.807) is 66.9 Å². The highest BCUT2D eigenvalue weighted by Gasteiger charge is 2.37. The molecule has 378 valence electrons. The minimum absolute atomic E-state index is 0.0171. The van der Waals surface area contributed by atoms with Gasteiger partial charge < -0.3 is 45.1 Å². The molecule has 0 radical (unpaired) electrons. The highest BCUT2D eigenvalue weighted by molar-refractivity contribution is 6.31. The molecule has 21 heteroatoms. The molecule has 3 heterocycles. The Morgan fingerprint density at radius 3 is 2.21 bits per heavy atom. The molecule has 1 atom stereocenters. The second kappa shape index (κ2) is 26.4. The second-order valence-electron chi connectivity index (χ2n) is 16.3. The Labute approximate surface area is 419 Å². The zero-order chi connectivity index (χ0) is 50.8. The highest BCUT2D eigenvalue weighted by atomic mass is 35.5. The lowest BCUT2D eigenvalue weighted by Crippen LogP contribution is -2.46. The molecule has 0 saturated heterocycles. The number of nitrogens with zero attached hydrogens (tertiary/aromatic N) is 4. The molecule has 2 aliphatic rings. The highest BCUT2D eigenvalue weighted by Crippen LogP contribution is 2.35. The summed E-state index contributed by atoms with van der Waals surface area (Å²) in [5.74, 6) is -2.67. The predicted molar refractivity (Wildman–Crippen MR) is 264 cm³/mol. The van der Waals surface area contributed by atoms with Crippen LogP contribution in [0.15, 0.2) is 90.1 Å². The number of anilines is 3. The summed E-state index contributed by atoms with van der Waals surface area (Å²) in [7, 11) is 0. The molecule has 72 heavy (non-hydrogen) atoms. The smallest absolute Gasteiger partial charge is 0.255 e. The van der Waals surface area contributed by atoms with Gasteiger partial charge in [-0.25, -0.2) is 18.7 Å². The van der Waals surface area contributed by atoms with E-state index in [4.69, 9.17) is 35.5 Å². The Bertz CT molecular complexity index is 2750. The minimum Gasteiger partial charge on any atom is -0.378 e. The number of benzene rings is 4. The molecular formula is C51H54ClF2N9O9. The van der Waals surface area contributed by atoms with Crippen molar-refractivity contribution in [2.24, 2.45) is 4.99 Å². The lowest BCUT2D eigenvalue weighted by atomic mass is 9.95. The number of carbonyl (C=O) groups excluding carboxylic acids is 5. The first-order valence-electron chi connectivity index (χ1n) is 23.3. The molecule has 0 saturated carbocycles. The summed E-state index contributed by atoms with van der Waals surface area (Å²) in [6.45, 7) is 5.62. The fraction of sp³-hybridized carbons (Fsp3) is 0.333. The van der Waals surface area contributed by atoms with Gasteiger partial charge in [-0.1, -0.05) is 43.1 Å². The van der Waals surface area contributed by atoms with E-state index in [0.717, 1.165) is 0 Å². The van der Waals surface area contributed by atoms with Crippen LogP contribution in [0.2, 0.25) is 5.02 Å². The molecule has 1 unspecified atom stereocenters. The number of halogens is 3. The zero-order valence-electron chi connectivity index (χ0n) is 39.4. The summed E-state index contributed by atoms with van der Waals surface area (Å²) in [5.41, 5.74) is 4.67. The number of hydrogen-bond acceptors (Lipinski definition) is 14. The van der Waals surface area contributed by atoms with Crippen LogP contribution < -0.4 is 26.6 Å². The summed E-state index contributed by atoms with van der Waals surface area (Å²) in [6.07, 6.45) is 2.94. The number of aliphatic imine (C=N–C) groups is 1. The van der Waals surface area contributed by atoms with Gasteiger partial charge in [0.1, 0.15) is 17.7 Å². The molecular weight excluding hydrogens is 956 g/mol. The number of rotatable bonds is 27. The topological polar surface area (TPSA) is 224 Å². The Kier molecular flexibility index (Phi) is 19.3. The molecule has 1 aromatic heterocycles. The third-order valence-corrected chi connectivity index (χ3v) is 11.7. The SMILES string of the molecule is CCCC(C(=O)NC=O)N1Cc2c(NC(=O)CNCCOCCOCCOCCOCCNC(=O)c3ccc(Nc4ncc5c(n4)-c4ccc(Cl)cc4C(c4c(F)cccc4F)=NC5)cc3)cccc2C1=O. The van der Waals surface area contributed by atoms with Gasteiger partial charge in [-0.05, 0) is 67.1 Å². The van der Waals surface area contributed by atoms with E-state index in [0.29, 0.717) is 134 Å². The van der Waals surface area contributed by atoms with E-state index in [9.17, 15) is 32.8 Å². The van der Waals surface area contributed by atoms with Gasteiger partial charge in [-0.2, -0.15) is 0 Å². The minimum atomic E-state index is -0.801. The number of nitrogens with one attached hydrogen (secondary N) is 5. The van der Waals surface area contributed by atoms with Crippen molar-refractivity contribution in [2.45, 2.75) is 38.9 Å². The quantitative estimate of drug-likeness (QED) is 0.0320. The molecule has 0 bridgehead atoms. The van der Waals surface area contributed by atoms with E-state index in [1.165, 1.54) is 23.1 Å². The van der Waals surface area contributed by atoms with Gasteiger partial charge >= 0.3 is 0 Å². The van der Waals surface area contributed by atoms with E-state index >= 15 is 0 Å². The molecule has 5 amide bonds. The van der Waals surface area contributed by atoms with E-state index in [1.807, 2.05) is 6.92 Å². The Balaban J connectivity index is 0.709. The van der Waals surface area contributed by atoms with Crippen molar-refractivity contribution >= 4 is 64.7 Å². The summed E-state index contributed by atoms with van der Waals surface area (Å²) >= 11 is 6.34. The molecule has 7 rings (SSSR count). The van der Waals surface area contributed by atoms with Crippen LogP contribution in [0.5, 0.6) is 0 Å². The Morgan fingerprint density at radius 2 is 1.51 bits per heavy atom. The molecule has 0 aliphatic carbocycles. The molecule has 2 aliphatic heterocycles. The maximum Gasteiger partial charge on any atom is 0.255 e. The van der Waals surface area contributed by atoms with Gasteiger partial charge in [0.15, 0.2) is 0 Å². The normalized spacial score (nSPS) is 13.0. The average molecular weight is 1010 g/mol. The summed E-state index contributed by atoms with van der Waals surface area (Å²) < 4.78 is 52.1. The van der Waals surface area contributed by atoms with Crippen LogP contribution in [-0.2, 0) is 46.4 Å². The van der Waals surface area contributed by atoms with Gasteiger partial charge in [0.2, 0.25) is 24.2 Å². The van der Waals surface area contributed by atoms with Crippen molar-refractivity contribution in [1.82, 2.24) is 30.8 Å². The first-order valence-corrected chi connectivity index (χ1v) is 23.7. The number of aromatic nitrogens is 2. The molecule has 4 aromatic carbocycles. The molecule has 18 nitrogen and oxygen atoms in total. The van der Waals surface area contributed by atoms with Gasteiger partial charge in [0.25, 0.3) is 11.8 Å². The van der Waals surface area contributed by atoms with Crippen molar-refractivity contribution < 1.29 is 51.7 Å². The maximum atomic E-state index is 14.9. The standard InChI is InChI=1S/C51H54ClF2N9O9/c1-2-5-43(49(67)59-31-64)63-30-39-37(50(63)68)6-3-9-42(39)61-44(65)29-55-16-18-69-20-22-71-24-25-72-23-21-70-19-17-56-48(66)32-10-13-35(14-11-32)60-51-58-28-33-27-57-47(45-40(53)7-4-8-41(45)54)38-26-34(52)12-15-36(38)46(33)62-51/h3-4,6-15,26,28,31,43,55H,2,5,16-25,27,29-30H2,1H3,(H,56,66)(H,61,65)(H,58,60,62)(H,59,64,67). The average Bonchev–Trinajstić information content (AvgIpc) is 3.62. The van der Waals surface area contributed by atoms with Crippen molar-refractivity contribution in [3.05, 3.63) is 135 Å². The Hall–Kier alpha value is -7.07. The van der Waals surface area contributed by atoms with Crippen LogP contribution in [0, 0.1) is 11.6 Å². The monoisotopic (exact) mass is 1010 g/mol. The number of fused-ring (bicyclic) bond motifs is 4. The van der Waals surface area contributed by atoms with Crippen molar-refractivity contribution in [3.63, 3.8) is 0 Å². The molecule has 0 fully saturated rings. The zero-order valence-corrected chi connectivity index (χ0v) is 40.2. The predicted octanol–water partition coefficient (Wildman–Crippen LogP) is 5.59. The molecule has 5 N–H and O–H groups in total. The van der Waals surface area contributed by atoms with Gasteiger partial charge in [-0.15, -0.1) is 0 Å². The van der Waals surface area contributed by atoms with E-state index < -0.39 is 23.6 Å². The third kappa shape index (κ3) is 13.9. The summed E-state index contributed by atoms with van der Waals surface area (Å²) in [6, 6.07) is 19.7. The van der Waals surface area contributed by atoms with Crippen LogP contribution in [0.25, 0.3) is 11.3 Å². The van der Waals surface area contributed by atoms with Gasteiger partial charge in [0, 0.05) is 75.6 Å². The number of ether oxygens (including phenoxy) is 4. The molecule has 0 spiro atoms. The van der Waals surface area contributed by atoms with E-state index in [-0.39, 0.29) is 61.2 Å². The van der Waals surface area contributed by atoms with Crippen LogP contribution >= 0.6 is 11.6 Å². The van der Waals surface area contributed by atoms with Gasteiger partial charge in [0.05, 0.1) is 82.9 Å². The first kappa shape index (κ1) is 52.7.